The van der Waals surface area contributed by atoms with Crippen LogP contribution < -0.4 is 0 Å². The van der Waals surface area contributed by atoms with Crippen molar-refractivity contribution in [1.29, 1.82) is 0 Å². The number of amides is 1. The first kappa shape index (κ1) is 18.1. The van der Waals surface area contributed by atoms with Crippen LogP contribution in [0.3, 0.4) is 0 Å². The molecule has 1 amide bonds. The average Bonchev–Trinajstić information content (AvgIpc) is 2.33. The van der Waals surface area contributed by atoms with E-state index in [1.807, 2.05) is 11.9 Å². The van der Waals surface area contributed by atoms with E-state index in [2.05, 4.69) is 20.8 Å². The van der Waals surface area contributed by atoms with E-state index >= 15 is 0 Å². The van der Waals surface area contributed by atoms with E-state index in [0.29, 0.717) is 6.42 Å². The molecule has 0 aromatic heterocycles. The lowest BCUT2D eigenvalue weighted by Crippen LogP contribution is -2.29. The van der Waals surface area contributed by atoms with Crippen molar-refractivity contribution in [2.75, 3.05) is 26.0 Å². The Morgan fingerprint density at radius 1 is 1.39 bits per heavy atom. The van der Waals surface area contributed by atoms with Gasteiger partial charge in [-0.05, 0) is 26.7 Å². The normalized spacial score (nSPS) is 11.6. The Labute approximate surface area is 119 Å². The molecule has 0 bridgehead atoms. The number of unbranched alkanes of at least 4 members (excludes halogenated alkanes) is 1. The monoisotopic (exact) mass is 293 g/mol. The summed E-state index contributed by atoms with van der Waals surface area (Å²) in [6, 6.07) is 0. The standard InChI is InChI=1S/C13H27NO2S2/c1-5-6-9-14(4)12(16)7-8-13(2,3)18-17-11-10-15/h15H,5-11H2,1-4H3. The topological polar surface area (TPSA) is 40.5 Å². The third kappa shape index (κ3) is 9.11. The number of aliphatic hydroxyl groups excluding tert-OH is 1. The Balaban J connectivity index is 3.87. The van der Waals surface area contributed by atoms with E-state index < -0.39 is 0 Å². The minimum atomic E-state index is 0.0844. The van der Waals surface area contributed by atoms with Gasteiger partial charge in [0.2, 0.25) is 5.91 Å². The Morgan fingerprint density at radius 2 is 2.06 bits per heavy atom. The summed E-state index contributed by atoms with van der Waals surface area (Å²) in [7, 11) is 5.32. The van der Waals surface area contributed by atoms with Gasteiger partial charge in [-0.25, -0.2) is 0 Å². The molecule has 3 nitrogen and oxygen atoms in total. The molecule has 0 heterocycles. The summed E-state index contributed by atoms with van der Waals surface area (Å²) in [6.07, 6.45) is 3.69. The summed E-state index contributed by atoms with van der Waals surface area (Å²) >= 11 is 0. The Kier molecular flexibility index (Phi) is 10.1. The summed E-state index contributed by atoms with van der Waals surface area (Å²) in [5.74, 6) is 0.989. The molecule has 0 spiro atoms. The summed E-state index contributed by atoms with van der Waals surface area (Å²) in [5, 5.41) is 8.74. The molecule has 0 radical (unpaired) electrons. The number of rotatable bonds is 10. The number of aliphatic hydroxyl groups is 1. The van der Waals surface area contributed by atoms with Gasteiger partial charge in [0.1, 0.15) is 0 Å². The molecule has 108 valence electrons. The van der Waals surface area contributed by atoms with Gasteiger partial charge in [-0.15, -0.1) is 0 Å². The van der Waals surface area contributed by atoms with Gasteiger partial charge < -0.3 is 10.0 Å². The second-order valence-corrected chi connectivity index (χ2v) is 8.18. The van der Waals surface area contributed by atoms with Gasteiger partial charge in [-0.3, -0.25) is 4.79 Å². The quantitative estimate of drug-likeness (QED) is 0.496. The van der Waals surface area contributed by atoms with Gasteiger partial charge in [0.25, 0.3) is 0 Å². The van der Waals surface area contributed by atoms with Crippen LogP contribution in [-0.2, 0) is 4.79 Å². The van der Waals surface area contributed by atoms with Gasteiger partial charge in [0.15, 0.2) is 0 Å². The first-order valence-electron chi connectivity index (χ1n) is 6.58. The number of carbonyl (C=O) groups is 1. The van der Waals surface area contributed by atoms with Gasteiger partial charge in [0, 0.05) is 30.5 Å². The van der Waals surface area contributed by atoms with Crippen molar-refractivity contribution in [2.24, 2.45) is 0 Å². The van der Waals surface area contributed by atoms with Gasteiger partial charge in [0.05, 0.1) is 6.61 Å². The van der Waals surface area contributed by atoms with Crippen LogP contribution in [0.25, 0.3) is 0 Å². The maximum atomic E-state index is 11.9. The first-order valence-corrected chi connectivity index (χ1v) is 8.90. The number of hydrogen-bond donors (Lipinski definition) is 1. The van der Waals surface area contributed by atoms with Crippen LogP contribution in [0, 0.1) is 0 Å². The van der Waals surface area contributed by atoms with E-state index in [9.17, 15) is 4.79 Å². The average molecular weight is 293 g/mol. The molecule has 18 heavy (non-hydrogen) atoms. The fourth-order valence-corrected chi connectivity index (χ4v) is 3.74. The molecule has 0 unspecified atom stereocenters. The zero-order valence-corrected chi connectivity index (χ0v) is 13.7. The van der Waals surface area contributed by atoms with E-state index in [0.717, 1.165) is 31.6 Å². The SMILES string of the molecule is CCCCN(C)C(=O)CCC(C)(C)SSCCO. The lowest BCUT2D eigenvalue weighted by Gasteiger charge is -2.24. The van der Waals surface area contributed by atoms with Crippen LogP contribution in [0.2, 0.25) is 0 Å². The maximum absolute atomic E-state index is 11.9. The molecule has 0 fully saturated rings. The number of nitrogens with zero attached hydrogens (tertiary/aromatic N) is 1. The molecule has 0 aliphatic rings. The second-order valence-electron chi connectivity index (χ2n) is 5.06. The molecule has 0 rings (SSSR count). The molecule has 5 heteroatoms. The van der Waals surface area contributed by atoms with Crippen molar-refractivity contribution >= 4 is 27.5 Å². The molecule has 0 saturated carbocycles. The predicted octanol–water partition coefficient (Wildman–Crippen LogP) is 3.18. The maximum Gasteiger partial charge on any atom is 0.222 e. The van der Waals surface area contributed by atoms with Crippen LogP contribution in [-0.4, -0.2) is 46.6 Å². The van der Waals surface area contributed by atoms with Crippen molar-refractivity contribution in [3.63, 3.8) is 0 Å². The number of carbonyl (C=O) groups excluding carboxylic acids is 1. The van der Waals surface area contributed by atoms with Crippen molar-refractivity contribution in [2.45, 2.75) is 51.2 Å². The fraction of sp³-hybridized carbons (Fsp3) is 0.923. The highest BCUT2D eigenvalue weighted by atomic mass is 33.1. The molecule has 0 aliphatic carbocycles. The van der Waals surface area contributed by atoms with Crippen LogP contribution in [0.15, 0.2) is 0 Å². The summed E-state index contributed by atoms with van der Waals surface area (Å²) < 4.78 is 0.0844. The molecule has 0 aliphatic heterocycles. The molecule has 0 saturated heterocycles. The highest BCUT2D eigenvalue weighted by Gasteiger charge is 2.21. The lowest BCUT2D eigenvalue weighted by atomic mass is 10.1. The largest absolute Gasteiger partial charge is 0.395 e. The van der Waals surface area contributed by atoms with Crippen LogP contribution >= 0.6 is 21.6 Å². The highest BCUT2D eigenvalue weighted by Crippen LogP contribution is 2.38. The lowest BCUT2D eigenvalue weighted by molar-refractivity contribution is -0.130. The predicted molar refractivity (Wildman–Crippen MR) is 83.0 cm³/mol. The summed E-state index contributed by atoms with van der Waals surface area (Å²) in [6.45, 7) is 7.52. The van der Waals surface area contributed by atoms with Crippen molar-refractivity contribution in [3.8, 4) is 0 Å². The molecular weight excluding hydrogens is 266 g/mol. The molecule has 0 aromatic rings. The van der Waals surface area contributed by atoms with Crippen molar-refractivity contribution in [3.05, 3.63) is 0 Å². The van der Waals surface area contributed by atoms with E-state index in [-0.39, 0.29) is 17.3 Å². The molecule has 0 atom stereocenters. The van der Waals surface area contributed by atoms with E-state index in [1.165, 1.54) is 0 Å². The second kappa shape index (κ2) is 9.98. The molecule has 0 aromatic carbocycles. The fourth-order valence-electron chi connectivity index (χ4n) is 1.40. The third-order valence-electron chi connectivity index (χ3n) is 2.67. The van der Waals surface area contributed by atoms with Gasteiger partial charge >= 0.3 is 0 Å². The van der Waals surface area contributed by atoms with Crippen molar-refractivity contribution in [1.82, 2.24) is 4.90 Å². The Morgan fingerprint density at radius 3 is 2.61 bits per heavy atom. The van der Waals surface area contributed by atoms with E-state index in [4.69, 9.17) is 5.11 Å². The zero-order valence-electron chi connectivity index (χ0n) is 12.1. The van der Waals surface area contributed by atoms with Crippen molar-refractivity contribution < 1.29 is 9.90 Å². The molecule has 1 N–H and O–H groups in total. The van der Waals surface area contributed by atoms with Crippen LogP contribution in [0.5, 0.6) is 0 Å². The minimum Gasteiger partial charge on any atom is -0.395 e. The Bertz CT molecular complexity index is 235. The van der Waals surface area contributed by atoms with Crippen LogP contribution in [0.1, 0.15) is 46.5 Å². The summed E-state index contributed by atoms with van der Waals surface area (Å²) in [4.78, 5) is 13.7. The minimum absolute atomic E-state index is 0.0844. The molecular formula is C13H27NO2S2. The highest BCUT2D eigenvalue weighted by molar-refractivity contribution is 8.77. The summed E-state index contributed by atoms with van der Waals surface area (Å²) in [5.41, 5.74) is 0. The first-order chi connectivity index (χ1) is 8.43. The third-order valence-corrected chi connectivity index (χ3v) is 6.00. The smallest absolute Gasteiger partial charge is 0.222 e. The van der Waals surface area contributed by atoms with Gasteiger partial charge in [-0.2, -0.15) is 0 Å². The number of hydrogen-bond acceptors (Lipinski definition) is 4. The van der Waals surface area contributed by atoms with E-state index in [1.54, 1.807) is 21.6 Å². The zero-order chi connectivity index (χ0) is 14.0. The Hall–Kier alpha value is 0.130. The van der Waals surface area contributed by atoms with Crippen LogP contribution in [0.4, 0.5) is 0 Å². The van der Waals surface area contributed by atoms with Gasteiger partial charge in [-0.1, -0.05) is 34.9 Å².